The second kappa shape index (κ2) is 7.57. The average Bonchev–Trinajstić information content (AvgIpc) is 3.30. The summed E-state index contributed by atoms with van der Waals surface area (Å²) in [6.45, 7) is 4.57. The van der Waals surface area contributed by atoms with Gasteiger partial charge in [-0.15, -0.1) is 10.2 Å². The van der Waals surface area contributed by atoms with Crippen molar-refractivity contribution in [2.24, 2.45) is 0 Å². The van der Waals surface area contributed by atoms with E-state index in [-0.39, 0.29) is 11.0 Å². The zero-order chi connectivity index (χ0) is 17.8. The summed E-state index contributed by atoms with van der Waals surface area (Å²) in [7, 11) is 1.60. The van der Waals surface area contributed by atoms with Gasteiger partial charge in [0.2, 0.25) is 0 Å². The molecule has 1 atom stereocenters. The lowest BCUT2D eigenvalue weighted by Crippen LogP contribution is -2.14. The molecule has 1 aromatic carbocycles. The molecule has 0 N–H and O–H groups in total. The van der Waals surface area contributed by atoms with E-state index >= 15 is 0 Å². The number of nitrogens with zero attached hydrogens (tertiary/aromatic N) is 3. The number of hydrogen-bond acceptors (Lipinski definition) is 6. The van der Waals surface area contributed by atoms with Gasteiger partial charge >= 0.3 is 0 Å². The lowest BCUT2D eigenvalue weighted by molar-refractivity contribution is 0.0994. The molecular formula is C18H19N3O3S. The summed E-state index contributed by atoms with van der Waals surface area (Å²) < 4.78 is 12.5. The first-order valence-electron chi connectivity index (χ1n) is 7.96. The highest BCUT2D eigenvalue weighted by atomic mass is 32.2. The molecule has 1 unspecified atom stereocenters. The van der Waals surface area contributed by atoms with Gasteiger partial charge in [0.25, 0.3) is 0 Å². The number of carbonyl (C=O) groups excluding carboxylic acids is 1. The van der Waals surface area contributed by atoms with Gasteiger partial charge in [0.05, 0.1) is 18.6 Å². The van der Waals surface area contributed by atoms with Crippen LogP contribution in [0.2, 0.25) is 0 Å². The van der Waals surface area contributed by atoms with Crippen molar-refractivity contribution in [1.29, 1.82) is 0 Å². The number of aromatic nitrogens is 3. The minimum atomic E-state index is -0.285. The van der Waals surface area contributed by atoms with Crippen LogP contribution in [0.5, 0.6) is 5.75 Å². The molecule has 0 amide bonds. The van der Waals surface area contributed by atoms with Crippen molar-refractivity contribution in [3.05, 3.63) is 48.2 Å². The highest BCUT2D eigenvalue weighted by Crippen LogP contribution is 2.28. The fraction of sp³-hybridized carbons (Fsp3) is 0.278. The number of hydrogen-bond donors (Lipinski definition) is 0. The third-order valence-corrected chi connectivity index (χ3v) is 4.88. The monoisotopic (exact) mass is 357 g/mol. The Morgan fingerprint density at radius 1 is 1.28 bits per heavy atom. The smallest absolute Gasteiger partial charge is 0.200 e. The Kier molecular flexibility index (Phi) is 5.23. The van der Waals surface area contributed by atoms with E-state index in [9.17, 15) is 4.79 Å². The number of rotatable bonds is 7. The van der Waals surface area contributed by atoms with Gasteiger partial charge < -0.3 is 9.15 Å². The van der Waals surface area contributed by atoms with Gasteiger partial charge in [0, 0.05) is 12.1 Å². The minimum absolute atomic E-state index is 0.0397. The molecule has 0 bridgehead atoms. The van der Waals surface area contributed by atoms with E-state index in [1.165, 1.54) is 11.8 Å². The van der Waals surface area contributed by atoms with Crippen molar-refractivity contribution < 1.29 is 13.9 Å². The largest absolute Gasteiger partial charge is 0.497 e. The molecule has 0 aliphatic rings. The van der Waals surface area contributed by atoms with Gasteiger partial charge in [-0.2, -0.15) is 0 Å². The first-order valence-corrected chi connectivity index (χ1v) is 8.84. The summed E-state index contributed by atoms with van der Waals surface area (Å²) in [6, 6.07) is 10.8. The van der Waals surface area contributed by atoms with Crippen LogP contribution >= 0.6 is 11.8 Å². The number of ether oxygens (including phenoxy) is 1. The predicted molar refractivity (Wildman–Crippen MR) is 96.0 cm³/mol. The normalized spacial score (nSPS) is 12.1. The molecule has 0 fully saturated rings. The molecule has 25 heavy (non-hydrogen) atoms. The van der Waals surface area contributed by atoms with Crippen LogP contribution in [-0.2, 0) is 6.54 Å². The van der Waals surface area contributed by atoms with Gasteiger partial charge in [-0.1, -0.05) is 11.8 Å². The molecule has 7 heteroatoms. The molecule has 2 heterocycles. The van der Waals surface area contributed by atoms with Crippen LogP contribution in [0.4, 0.5) is 0 Å². The molecule has 0 aliphatic carbocycles. The Balaban J connectivity index is 1.78. The SMILES string of the molecule is CCn1c(SC(C)C(=O)c2ccc(OC)cc2)nnc1-c1ccco1. The van der Waals surface area contributed by atoms with Crippen molar-refractivity contribution in [2.75, 3.05) is 7.11 Å². The third kappa shape index (κ3) is 3.61. The zero-order valence-electron chi connectivity index (χ0n) is 14.3. The number of furan rings is 1. The van der Waals surface area contributed by atoms with Crippen molar-refractivity contribution in [2.45, 2.75) is 30.8 Å². The molecular weight excluding hydrogens is 338 g/mol. The Hall–Kier alpha value is -2.54. The van der Waals surface area contributed by atoms with E-state index in [0.717, 1.165) is 5.75 Å². The molecule has 130 valence electrons. The summed E-state index contributed by atoms with van der Waals surface area (Å²) in [5.74, 6) is 2.10. The second-order valence-corrected chi connectivity index (χ2v) is 6.69. The molecule has 0 spiro atoms. The fourth-order valence-electron chi connectivity index (χ4n) is 2.45. The fourth-order valence-corrected chi connectivity index (χ4v) is 3.44. The standard InChI is InChI=1S/C18H19N3O3S/c1-4-21-17(15-6-5-11-24-15)19-20-18(21)25-12(2)16(22)13-7-9-14(23-3)10-8-13/h5-12H,4H2,1-3H3. The number of carbonyl (C=O) groups is 1. The molecule has 3 aromatic rings. The average molecular weight is 357 g/mol. The van der Waals surface area contributed by atoms with Crippen molar-refractivity contribution >= 4 is 17.5 Å². The van der Waals surface area contributed by atoms with E-state index < -0.39 is 0 Å². The topological polar surface area (TPSA) is 70.2 Å². The van der Waals surface area contributed by atoms with Gasteiger partial charge in [0.1, 0.15) is 5.75 Å². The first-order chi connectivity index (χ1) is 12.1. The first kappa shape index (κ1) is 17.3. The minimum Gasteiger partial charge on any atom is -0.497 e. The van der Waals surface area contributed by atoms with Crippen LogP contribution in [0, 0.1) is 0 Å². The van der Waals surface area contributed by atoms with Crippen molar-refractivity contribution in [1.82, 2.24) is 14.8 Å². The third-order valence-electron chi connectivity index (χ3n) is 3.80. The lowest BCUT2D eigenvalue weighted by atomic mass is 10.1. The molecule has 2 aromatic heterocycles. The molecule has 0 aliphatic heterocycles. The Morgan fingerprint density at radius 3 is 2.64 bits per heavy atom. The number of methoxy groups -OCH3 is 1. The van der Waals surface area contributed by atoms with Crippen LogP contribution < -0.4 is 4.74 Å². The summed E-state index contributed by atoms with van der Waals surface area (Å²) >= 11 is 1.39. The van der Waals surface area contributed by atoms with Crippen LogP contribution in [0.3, 0.4) is 0 Å². The van der Waals surface area contributed by atoms with Gasteiger partial charge in [-0.05, 0) is 50.2 Å². The van der Waals surface area contributed by atoms with Crippen LogP contribution in [0.1, 0.15) is 24.2 Å². The maximum Gasteiger partial charge on any atom is 0.200 e. The van der Waals surface area contributed by atoms with E-state index in [0.29, 0.717) is 28.8 Å². The maximum atomic E-state index is 12.6. The second-order valence-electron chi connectivity index (χ2n) is 5.38. The zero-order valence-corrected chi connectivity index (χ0v) is 15.1. The molecule has 6 nitrogen and oxygen atoms in total. The number of ketones is 1. The van der Waals surface area contributed by atoms with Crippen molar-refractivity contribution in [3.63, 3.8) is 0 Å². The van der Waals surface area contributed by atoms with Crippen LogP contribution in [-0.4, -0.2) is 32.9 Å². The van der Waals surface area contributed by atoms with E-state index in [2.05, 4.69) is 10.2 Å². The van der Waals surface area contributed by atoms with Gasteiger partial charge in [0.15, 0.2) is 22.5 Å². The van der Waals surface area contributed by atoms with E-state index in [1.807, 2.05) is 30.5 Å². The Labute approximate surface area is 150 Å². The van der Waals surface area contributed by atoms with Crippen LogP contribution in [0.25, 0.3) is 11.6 Å². The quantitative estimate of drug-likeness (QED) is 0.471. The highest BCUT2D eigenvalue weighted by Gasteiger charge is 2.22. The highest BCUT2D eigenvalue weighted by molar-refractivity contribution is 8.00. The van der Waals surface area contributed by atoms with E-state index in [4.69, 9.17) is 9.15 Å². The maximum absolute atomic E-state index is 12.6. The van der Waals surface area contributed by atoms with E-state index in [1.54, 1.807) is 37.6 Å². The lowest BCUT2D eigenvalue weighted by Gasteiger charge is -2.11. The number of benzene rings is 1. The Morgan fingerprint density at radius 2 is 2.04 bits per heavy atom. The van der Waals surface area contributed by atoms with Gasteiger partial charge in [-0.3, -0.25) is 9.36 Å². The molecule has 0 saturated carbocycles. The van der Waals surface area contributed by atoms with Crippen molar-refractivity contribution in [3.8, 4) is 17.3 Å². The summed E-state index contributed by atoms with van der Waals surface area (Å²) in [5, 5.41) is 8.85. The number of thioether (sulfide) groups is 1. The van der Waals surface area contributed by atoms with Gasteiger partial charge in [-0.25, -0.2) is 0 Å². The number of Topliss-reactive ketones (excluding diaryl/α,β-unsaturated/α-hetero) is 1. The van der Waals surface area contributed by atoms with Crippen LogP contribution in [0.15, 0.2) is 52.2 Å². The predicted octanol–water partition coefficient (Wildman–Crippen LogP) is 3.93. The summed E-state index contributed by atoms with van der Waals surface area (Å²) in [6.07, 6.45) is 1.60. The molecule has 3 rings (SSSR count). The summed E-state index contributed by atoms with van der Waals surface area (Å²) in [4.78, 5) is 12.6. The molecule has 0 radical (unpaired) electrons. The Bertz CT molecular complexity index is 841. The molecule has 0 saturated heterocycles. The summed E-state index contributed by atoms with van der Waals surface area (Å²) in [5.41, 5.74) is 0.648.